The molecule has 1 heterocycles. The second kappa shape index (κ2) is 16.3. The van der Waals surface area contributed by atoms with E-state index >= 15 is 0 Å². The Balaban J connectivity index is 1.10. The van der Waals surface area contributed by atoms with Crippen molar-refractivity contribution in [2.75, 3.05) is 4.90 Å². The molecular weight excluding hydrogens is 835 g/mol. The Bertz CT molecular complexity index is 3910. The van der Waals surface area contributed by atoms with Crippen LogP contribution in [0.15, 0.2) is 253 Å². The zero-order chi connectivity index (χ0) is 46.1. The molecule has 1 aliphatic carbocycles. The maximum Gasteiger partial charge on any atom is 0.135 e. The van der Waals surface area contributed by atoms with Gasteiger partial charge in [-0.1, -0.05) is 214 Å². The van der Waals surface area contributed by atoms with Crippen LogP contribution in [0, 0.1) is 0 Å². The van der Waals surface area contributed by atoms with Crippen molar-refractivity contribution in [3.8, 4) is 66.8 Å². The topological polar surface area (TPSA) is 16.4 Å². The second-order valence-corrected chi connectivity index (χ2v) is 18.8. The average Bonchev–Trinajstić information content (AvgIpc) is 3.90. The lowest BCUT2D eigenvalue weighted by Gasteiger charge is -2.31. The van der Waals surface area contributed by atoms with Gasteiger partial charge in [-0.25, -0.2) is 0 Å². The number of para-hydroxylation sites is 1. The van der Waals surface area contributed by atoms with Crippen LogP contribution in [0.25, 0.3) is 99.5 Å². The summed E-state index contributed by atoms with van der Waals surface area (Å²) in [4.78, 5) is 2.48. The molecule has 69 heavy (non-hydrogen) atoms. The third-order valence-electron chi connectivity index (χ3n) is 14.5. The maximum atomic E-state index is 6.47. The van der Waals surface area contributed by atoms with E-state index in [1.807, 2.05) is 6.07 Å². The molecule has 2 heteroatoms. The van der Waals surface area contributed by atoms with Gasteiger partial charge in [-0.15, -0.1) is 0 Å². The Morgan fingerprint density at radius 1 is 0.333 bits per heavy atom. The Hall–Kier alpha value is -8.72. The number of hydrogen-bond acceptors (Lipinski definition) is 2. The molecule has 0 spiro atoms. The van der Waals surface area contributed by atoms with Crippen molar-refractivity contribution in [1.29, 1.82) is 0 Å². The number of furan rings is 1. The summed E-state index contributed by atoms with van der Waals surface area (Å²) in [7, 11) is 0. The van der Waals surface area contributed by atoms with Gasteiger partial charge in [-0.2, -0.15) is 0 Å². The first kappa shape index (κ1) is 40.5. The van der Waals surface area contributed by atoms with Crippen LogP contribution in [0.1, 0.15) is 25.0 Å². The normalized spacial score (nSPS) is 12.6. The number of benzene rings is 11. The van der Waals surface area contributed by atoms with Crippen LogP contribution >= 0.6 is 0 Å². The highest BCUT2D eigenvalue weighted by atomic mass is 16.3. The van der Waals surface area contributed by atoms with Crippen molar-refractivity contribution in [2.24, 2.45) is 0 Å². The van der Waals surface area contributed by atoms with Gasteiger partial charge in [0.15, 0.2) is 0 Å². The summed E-state index contributed by atoms with van der Waals surface area (Å²) in [6.07, 6.45) is 0. The molecule has 2 nitrogen and oxygen atoms in total. The molecule has 0 amide bonds. The molecule has 0 fully saturated rings. The van der Waals surface area contributed by atoms with E-state index in [4.69, 9.17) is 4.42 Å². The first-order chi connectivity index (χ1) is 34.0. The van der Waals surface area contributed by atoms with E-state index < -0.39 is 0 Å². The molecule has 0 radical (unpaired) electrons. The van der Waals surface area contributed by atoms with Gasteiger partial charge >= 0.3 is 0 Å². The smallest absolute Gasteiger partial charge is 0.135 e. The molecule has 1 aromatic heterocycles. The quantitative estimate of drug-likeness (QED) is 0.151. The van der Waals surface area contributed by atoms with E-state index in [-0.39, 0.29) is 5.41 Å². The van der Waals surface area contributed by atoms with Crippen LogP contribution in [-0.2, 0) is 5.41 Å². The van der Waals surface area contributed by atoms with E-state index in [1.165, 1.54) is 72.0 Å². The first-order valence-electron chi connectivity index (χ1n) is 23.9. The number of fused-ring (bicyclic) bond motifs is 7. The van der Waals surface area contributed by atoms with Crippen molar-refractivity contribution in [3.63, 3.8) is 0 Å². The standard InChI is InChI=1S/C67H47NO/c1-67(2)61-31-13-11-25-54(61)57-29-16-30-58(66(57)67)56-28-17-32-62(65(56)48-36-41-64-60(42-48)55-26-12-14-33-63(55)69-64)68(49-37-34-47(35-38-49)52-27-15-23-45-22-9-10-24-51(45)52)50-39-40-53(44-18-5-3-6-19-44)59(43-50)46-20-7-4-8-21-46/h3-43H,1-2H3. The highest BCUT2D eigenvalue weighted by Gasteiger charge is 2.38. The van der Waals surface area contributed by atoms with Crippen molar-refractivity contribution < 1.29 is 4.42 Å². The molecule has 1 aliphatic rings. The average molecular weight is 882 g/mol. The van der Waals surface area contributed by atoms with Gasteiger partial charge in [0.05, 0.1) is 5.69 Å². The summed E-state index contributed by atoms with van der Waals surface area (Å²) in [5, 5.41) is 4.68. The molecule has 0 unspecified atom stereocenters. The first-order valence-corrected chi connectivity index (χ1v) is 23.9. The van der Waals surface area contributed by atoms with E-state index in [9.17, 15) is 0 Å². The lowest BCUT2D eigenvalue weighted by atomic mass is 9.77. The van der Waals surface area contributed by atoms with Gasteiger partial charge in [0, 0.05) is 33.1 Å². The minimum atomic E-state index is -0.227. The van der Waals surface area contributed by atoms with E-state index in [1.54, 1.807) is 0 Å². The molecule has 0 aliphatic heterocycles. The van der Waals surface area contributed by atoms with Crippen LogP contribution < -0.4 is 4.90 Å². The summed E-state index contributed by atoms with van der Waals surface area (Å²) in [6.45, 7) is 4.77. The van der Waals surface area contributed by atoms with Gasteiger partial charge in [-0.3, -0.25) is 0 Å². The molecule has 0 bridgehead atoms. The largest absolute Gasteiger partial charge is 0.456 e. The number of nitrogens with zero attached hydrogens (tertiary/aromatic N) is 1. The van der Waals surface area contributed by atoms with E-state index in [0.29, 0.717) is 0 Å². The number of rotatable bonds is 8. The predicted molar refractivity (Wildman–Crippen MR) is 291 cm³/mol. The van der Waals surface area contributed by atoms with Crippen LogP contribution in [0.4, 0.5) is 17.1 Å². The fourth-order valence-electron chi connectivity index (χ4n) is 11.3. The fraction of sp³-hybridized carbons (Fsp3) is 0.0448. The highest BCUT2D eigenvalue weighted by molar-refractivity contribution is 6.09. The molecular formula is C67H47NO. The summed E-state index contributed by atoms with van der Waals surface area (Å²) in [6, 6.07) is 90.9. The zero-order valence-corrected chi connectivity index (χ0v) is 38.5. The molecule has 12 aromatic rings. The molecule has 326 valence electrons. The van der Waals surface area contributed by atoms with Crippen molar-refractivity contribution >= 4 is 49.8 Å². The number of hydrogen-bond donors (Lipinski definition) is 0. The highest BCUT2D eigenvalue weighted by Crippen LogP contribution is 2.55. The fourth-order valence-corrected chi connectivity index (χ4v) is 11.3. The van der Waals surface area contributed by atoms with E-state index in [2.05, 4.69) is 261 Å². The lowest BCUT2D eigenvalue weighted by Crippen LogP contribution is -2.16. The summed E-state index contributed by atoms with van der Waals surface area (Å²) < 4.78 is 6.47. The van der Waals surface area contributed by atoms with Crippen LogP contribution in [0.3, 0.4) is 0 Å². The summed E-state index contributed by atoms with van der Waals surface area (Å²) in [5.74, 6) is 0. The molecule has 13 rings (SSSR count). The Labute approximate surface area is 403 Å². The van der Waals surface area contributed by atoms with Gasteiger partial charge in [-0.05, 0) is 132 Å². The van der Waals surface area contributed by atoms with Crippen LogP contribution in [0.2, 0.25) is 0 Å². The molecule has 0 saturated carbocycles. The van der Waals surface area contributed by atoms with Gasteiger partial charge in [0.1, 0.15) is 11.2 Å². The zero-order valence-electron chi connectivity index (χ0n) is 38.5. The third-order valence-corrected chi connectivity index (χ3v) is 14.5. The van der Waals surface area contributed by atoms with Crippen molar-refractivity contribution in [1.82, 2.24) is 0 Å². The summed E-state index contributed by atoms with van der Waals surface area (Å²) >= 11 is 0. The van der Waals surface area contributed by atoms with E-state index in [0.717, 1.165) is 55.7 Å². The number of anilines is 3. The van der Waals surface area contributed by atoms with Crippen LogP contribution in [0.5, 0.6) is 0 Å². The molecule has 11 aromatic carbocycles. The Morgan fingerprint density at radius 2 is 0.884 bits per heavy atom. The third kappa shape index (κ3) is 6.71. The monoisotopic (exact) mass is 881 g/mol. The van der Waals surface area contributed by atoms with Crippen LogP contribution in [-0.4, -0.2) is 0 Å². The lowest BCUT2D eigenvalue weighted by molar-refractivity contribution is 0.662. The SMILES string of the molecule is CC1(C)c2ccccc2-c2cccc(-c3cccc(N(c4ccc(-c5cccc6ccccc56)cc4)c4ccc(-c5ccccc5)c(-c5ccccc5)c4)c3-c3ccc4oc5ccccc5c4c3)c21. The van der Waals surface area contributed by atoms with Gasteiger partial charge in [0.2, 0.25) is 0 Å². The van der Waals surface area contributed by atoms with Gasteiger partial charge in [0.25, 0.3) is 0 Å². The van der Waals surface area contributed by atoms with Gasteiger partial charge < -0.3 is 9.32 Å². The molecule has 0 saturated heterocycles. The minimum Gasteiger partial charge on any atom is -0.456 e. The second-order valence-electron chi connectivity index (χ2n) is 18.8. The summed E-state index contributed by atoms with van der Waals surface area (Å²) in [5.41, 5.74) is 21.8. The molecule has 0 N–H and O–H groups in total. The van der Waals surface area contributed by atoms with Crippen molar-refractivity contribution in [2.45, 2.75) is 19.3 Å². The Kier molecular flexibility index (Phi) is 9.55. The predicted octanol–water partition coefficient (Wildman–Crippen LogP) is 18.9. The minimum absolute atomic E-state index is 0.227. The molecule has 0 atom stereocenters. The van der Waals surface area contributed by atoms with Crippen molar-refractivity contribution in [3.05, 3.63) is 260 Å². The maximum absolute atomic E-state index is 6.47. The Morgan fingerprint density at radius 3 is 1.70 bits per heavy atom.